The van der Waals surface area contributed by atoms with Crippen molar-refractivity contribution in [2.75, 3.05) is 25.7 Å². The van der Waals surface area contributed by atoms with Crippen LogP contribution in [0, 0.1) is 11.3 Å². The lowest BCUT2D eigenvalue weighted by molar-refractivity contribution is -0.132. The third-order valence-corrected chi connectivity index (χ3v) is 6.03. The fourth-order valence-corrected chi connectivity index (χ4v) is 4.25. The van der Waals surface area contributed by atoms with Gasteiger partial charge in [-0.3, -0.25) is 14.5 Å². The van der Waals surface area contributed by atoms with Crippen LogP contribution in [0.4, 0.5) is 5.69 Å². The number of carbonyl (C=O) groups is 2. The number of carbonyl (C=O) groups excluding carboxylic acids is 2. The van der Waals surface area contributed by atoms with E-state index in [2.05, 4.69) is 0 Å². The molecule has 1 aliphatic heterocycles. The molecule has 1 unspecified atom stereocenters. The molecule has 1 fully saturated rings. The van der Waals surface area contributed by atoms with E-state index in [1.807, 2.05) is 13.0 Å². The van der Waals surface area contributed by atoms with Crippen molar-refractivity contribution < 1.29 is 28.9 Å². The van der Waals surface area contributed by atoms with Crippen molar-refractivity contribution in [1.82, 2.24) is 0 Å². The van der Waals surface area contributed by atoms with Gasteiger partial charge in [0, 0.05) is 5.69 Å². The minimum Gasteiger partial charge on any atom is -0.507 e. The second-order valence-corrected chi connectivity index (χ2v) is 8.31. The Kier molecular flexibility index (Phi) is 7.44. The van der Waals surface area contributed by atoms with Crippen LogP contribution in [0.5, 0.6) is 17.2 Å². The van der Waals surface area contributed by atoms with Crippen LogP contribution in [0.1, 0.15) is 36.1 Å². The number of nitrogens with zero attached hydrogens (tertiary/aromatic N) is 2. The average Bonchev–Trinajstić information content (AvgIpc) is 3.21. The summed E-state index contributed by atoms with van der Waals surface area (Å²) in [4.78, 5) is 28.2. The van der Waals surface area contributed by atoms with Gasteiger partial charge in [0.25, 0.3) is 11.7 Å². The molecule has 3 aromatic rings. The Morgan fingerprint density at radius 2 is 1.76 bits per heavy atom. The highest BCUT2D eigenvalue weighted by atomic mass is 16.5. The van der Waals surface area contributed by atoms with E-state index in [-0.39, 0.29) is 11.1 Å². The molecule has 8 heteroatoms. The van der Waals surface area contributed by atoms with Crippen molar-refractivity contribution in [2.45, 2.75) is 19.4 Å². The van der Waals surface area contributed by atoms with Gasteiger partial charge in [-0.2, -0.15) is 5.26 Å². The maximum Gasteiger partial charge on any atom is 0.300 e. The number of amides is 1. The number of hydrogen-bond acceptors (Lipinski definition) is 7. The molecule has 1 atom stereocenters. The summed E-state index contributed by atoms with van der Waals surface area (Å²) in [6.45, 7) is 2.49. The number of methoxy groups -OCH3 is 2. The van der Waals surface area contributed by atoms with Crippen LogP contribution in [0.15, 0.2) is 72.3 Å². The summed E-state index contributed by atoms with van der Waals surface area (Å²) in [6.07, 6.45) is 0.809. The molecule has 0 aromatic heterocycles. The van der Waals surface area contributed by atoms with Crippen LogP contribution in [0.25, 0.3) is 5.76 Å². The maximum atomic E-state index is 13.5. The Morgan fingerprint density at radius 1 is 1.00 bits per heavy atom. The maximum absolute atomic E-state index is 13.5. The molecule has 0 spiro atoms. The number of aliphatic hydroxyl groups is 1. The number of ether oxygens (including phenoxy) is 3. The molecule has 8 nitrogen and oxygen atoms in total. The van der Waals surface area contributed by atoms with Crippen molar-refractivity contribution in [3.05, 3.63) is 89.0 Å². The molecule has 1 N–H and O–H groups in total. The fourth-order valence-electron chi connectivity index (χ4n) is 4.25. The van der Waals surface area contributed by atoms with E-state index in [0.717, 1.165) is 6.42 Å². The molecule has 37 heavy (non-hydrogen) atoms. The first-order valence-corrected chi connectivity index (χ1v) is 11.7. The zero-order valence-electron chi connectivity index (χ0n) is 20.7. The zero-order valence-corrected chi connectivity index (χ0v) is 20.7. The Balaban J connectivity index is 1.95. The first-order chi connectivity index (χ1) is 17.9. The van der Waals surface area contributed by atoms with Gasteiger partial charge in [-0.15, -0.1) is 0 Å². The Bertz CT molecular complexity index is 1400. The standard InChI is InChI=1S/C29H26N2O6/c1-4-14-37-22-7-5-6-19(15-22)26-25(27(32)23-16-21(35-2)12-13-24(23)36-3)28(33)29(34)31(26)20-10-8-18(17-30)9-11-20/h5-13,15-16,26,32H,4,14H2,1-3H3/b27-25+. The number of nitriles is 1. The highest BCUT2D eigenvalue weighted by Crippen LogP contribution is 2.44. The Morgan fingerprint density at radius 3 is 2.41 bits per heavy atom. The Labute approximate surface area is 214 Å². The van der Waals surface area contributed by atoms with E-state index in [4.69, 9.17) is 14.2 Å². The summed E-state index contributed by atoms with van der Waals surface area (Å²) >= 11 is 0. The number of rotatable bonds is 8. The van der Waals surface area contributed by atoms with Gasteiger partial charge in [0.2, 0.25) is 0 Å². The van der Waals surface area contributed by atoms with Crippen LogP contribution in [0.3, 0.4) is 0 Å². The Hall–Kier alpha value is -4.77. The fraction of sp³-hybridized carbons (Fsp3) is 0.207. The SMILES string of the molecule is CCCOc1cccc(C2/C(=C(\O)c3cc(OC)ccc3OC)C(=O)C(=O)N2c2ccc(C#N)cc2)c1. The highest BCUT2D eigenvalue weighted by molar-refractivity contribution is 6.51. The van der Waals surface area contributed by atoms with Crippen LogP contribution in [-0.2, 0) is 9.59 Å². The zero-order chi connectivity index (χ0) is 26.5. The van der Waals surface area contributed by atoms with Gasteiger partial charge in [0.05, 0.1) is 49.6 Å². The number of ketones is 1. The van der Waals surface area contributed by atoms with E-state index in [0.29, 0.717) is 40.7 Å². The number of hydrogen-bond donors (Lipinski definition) is 1. The molecule has 0 aliphatic carbocycles. The summed E-state index contributed by atoms with van der Waals surface area (Å²) in [5, 5.41) is 20.7. The van der Waals surface area contributed by atoms with Gasteiger partial charge in [-0.1, -0.05) is 19.1 Å². The molecule has 3 aromatic carbocycles. The molecule has 1 aliphatic rings. The van der Waals surface area contributed by atoms with Crippen molar-refractivity contribution in [3.8, 4) is 23.3 Å². The molecule has 0 saturated carbocycles. The average molecular weight is 499 g/mol. The van der Waals surface area contributed by atoms with Gasteiger partial charge >= 0.3 is 0 Å². The lowest BCUT2D eigenvalue weighted by Gasteiger charge is -2.26. The van der Waals surface area contributed by atoms with E-state index in [1.165, 1.54) is 19.1 Å². The summed E-state index contributed by atoms with van der Waals surface area (Å²) in [5.41, 5.74) is 1.49. The van der Waals surface area contributed by atoms with Crippen LogP contribution < -0.4 is 19.1 Å². The number of aliphatic hydroxyl groups excluding tert-OH is 1. The number of anilines is 1. The lowest BCUT2D eigenvalue weighted by Crippen LogP contribution is -2.29. The van der Waals surface area contributed by atoms with Crippen molar-refractivity contribution in [1.29, 1.82) is 5.26 Å². The monoisotopic (exact) mass is 498 g/mol. The normalized spacial score (nSPS) is 16.4. The van der Waals surface area contributed by atoms with Crippen LogP contribution in [-0.4, -0.2) is 37.6 Å². The van der Waals surface area contributed by atoms with Crippen molar-refractivity contribution in [3.63, 3.8) is 0 Å². The van der Waals surface area contributed by atoms with Crippen molar-refractivity contribution >= 4 is 23.1 Å². The molecule has 4 rings (SSSR count). The molecule has 1 saturated heterocycles. The number of Topliss-reactive ketones (excluding diaryl/α,β-unsaturated/α-hetero) is 1. The summed E-state index contributed by atoms with van der Waals surface area (Å²) < 4.78 is 16.5. The summed E-state index contributed by atoms with van der Waals surface area (Å²) in [7, 11) is 2.93. The van der Waals surface area contributed by atoms with Crippen LogP contribution in [0.2, 0.25) is 0 Å². The second kappa shape index (κ2) is 10.9. The van der Waals surface area contributed by atoms with E-state index < -0.39 is 23.5 Å². The molecular formula is C29H26N2O6. The van der Waals surface area contributed by atoms with Gasteiger partial charge in [-0.05, 0) is 66.6 Å². The second-order valence-electron chi connectivity index (χ2n) is 8.31. The van der Waals surface area contributed by atoms with E-state index >= 15 is 0 Å². The number of benzene rings is 3. The molecule has 188 valence electrons. The first-order valence-electron chi connectivity index (χ1n) is 11.7. The molecule has 0 radical (unpaired) electrons. The molecule has 1 heterocycles. The minimum absolute atomic E-state index is 0.103. The largest absolute Gasteiger partial charge is 0.507 e. The van der Waals surface area contributed by atoms with Gasteiger partial charge in [0.1, 0.15) is 23.0 Å². The van der Waals surface area contributed by atoms with Crippen LogP contribution >= 0.6 is 0 Å². The molecule has 0 bridgehead atoms. The summed E-state index contributed by atoms with van der Waals surface area (Å²) in [5.74, 6) is -0.731. The first kappa shape index (κ1) is 25.3. The quantitative estimate of drug-likeness (QED) is 0.265. The highest BCUT2D eigenvalue weighted by Gasteiger charge is 2.47. The minimum atomic E-state index is -0.964. The van der Waals surface area contributed by atoms with Crippen molar-refractivity contribution in [2.24, 2.45) is 0 Å². The third kappa shape index (κ3) is 4.84. The predicted octanol–water partition coefficient (Wildman–Crippen LogP) is 4.99. The topological polar surface area (TPSA) is 109 Å². The third-order valence-electron chi connectivity index (χ3n) is 6.03. The van der Waals surface area contributed by atoms with Gasteiger partial charge in [0.15, 0.2) is 0 Å². The van der Waals surface area contributed by atoms with E-state index in [1.54, 1.807) is 66.7 Å². The molecular weight excluding hydrogens is 472 g/mol. The predicted molar refractivity (Wildman–Crippen MR) is 138 cm³/mol. The summed E-state index contributed by atoms with van der Waals surface area (Å²) in [6, 6.07) is 19.3. The lowest BCUT2D eigenvalue weighted by atomic mass is 9.94. The van der Waals surface area contributed by atoms with Gasteiger partial charge in [-0.25, -0.2) is 0 Å². The van der Waals surface area contributed by atoms with Gasteiger partial charge < -0.3 is 19.3 Å². The smallest absolute Gasteiger partial charge is 0.300 e. The van der Waals surface area contributed by atoms with E-state index in [9.17, 15) is 20.0 Å². The molecule has 1 amide bonds.